The van der Waals surface area contributed by atoms with Crippen LogP contribution in [-0.2, 0) is 71.2 Å². The summed E-state index contributed by atoms with van der Waals surface area (Å²) in [6.45, 7) is -2.68. The number of hydrogen-bond acceptors (Lipinski definition) is 33. The van der Waals surface area contributed by atoms with Crippen LogP contribution in [0.1, 0.15) is 27.2 Å². The highest BCUT2D eigenvalue weighted by molar-refractivity contribution is 5.73. The minimum absolute atomic E-state index is 0.153. The normalized spacial score (nSPS) is 47.6. The van der Waals surface area contributed by atoms with Gasteiger partial charge in [0.05, 0.1) is 58.3 Å². The Labute approximate surface area is 448 Å². The van der Waals surface area contributed by atoms with E-state index < -0.39 is 248 Å². The van der Waals surface area contributed by atoms with Gasteiger partial charge in [-0.2, -0.15) is 0 Å². The Bertz CT molecular complexity index is 1940. The van der Waals surface area contributed by atoms with Gasteiger partial charge >= 0.3 is 5.97 Å². The van der Waals surface area contributed by atoms with Crippen LogP contribution in [0.4, 0.5) is 0 Å². The fourth-order valence-electron chi connectivity index (χ4n) is 10.0. The predicted octanol–water partition coefficient (Wildman–Crippen LogP) is -13.3. The van der Waals surface area contributed by atoms with E-state index in [4.69, 9.17) is 56.8 Å². The summed E-state index contributed by atoms with van der Waals surface area (Å²) in [5.41, 5.74) is 0. The number of rotatable bonds is 22. The van der Waals surface area contributed by atoms with Crippen molar-refractivity contribution in [1.82, 2.24) is 10.6 Å². The topological polar surface area (TPSA) is 550 Å². The highest BCUT2D eigenvalue weighted by Gasteiger charge is 2.58. The fourth-order valence-corrected chi connectivity index (χ4v) is 10.0. The summed E-state index contributed by atoms with van der Waals surface area (Å²) < 4.78 is 68.3. The molecule has 35 heteroatoms. The average Bonchev–Trinajstić information content (AvgIpc) is 3.45. The van der Waals surface area contributed by atoms with E-state index >= 15 is 0 Å². The molecule has 35 nitrogen and oxygen atoms in total. The second-order valence-electron chi connectivity index (χ2n) is 19.9. The van der Waals surface area contributed by atoms with Crippen molar-refractivity contribution < 1.29 is 163 Å². The average molecular weight is 1160 g/mol. The summed E-state index contributed by atoms with van der Waals surface area (Å²) in [5, 5.41) is 199. The summed E-state index contributed by atoms with van der Waals surface area (Å²) >= 11 is 0. The minimum Gasteiger partial charge on any atom is -0.410 e. The second-order valence-corrected chi connectivity index (χ2v) is 19.9. The van der Waals surface area contributed by atoms with Gasteiger partial charge in [-0.1, -0.05) is 6.92 Å². The van der Waals surface area contributed by atoms with Crippen molar-refractivity contribution in [3.05, 3.63) is 0 Å². The molecule has 31 atom stereocenters. The summed E-state index contributed by atoms with van der Waals surface area (Å²) in [4.78, 5) is 36.2. The molecule has 458 valence electrons. The van der Waals surface area contributed by atoms with E-state index in [1.807, 2.05) is 0 Å². The minimum atomic E-state index is -2.57. The SMILES string of the molecule is CC(=O)NC1[C@H](OC2C(O)[C@H](O)C(CO)O[C@@H]2O[C@@H]2C(O)[C@H](O[C@@H]3C(CO)O[C@@H](O)C(NC(C)=O)[C@H]3O)OC(CO)[C@H]2O)OC(CO)[C@@H](O[C@@H]2OC(CO[C@]3(OC=O)C[C@@H](O)[C@@H](C)C([C@H](O)[C@H](O)CO)O3)[C@H](O)[C@H](O)C2O)[C@@H]1O. The first kappa shape index (κ1) is 65.4. The van der Waals surface area contributed by atoms with Crippen LogP contribution in [0.5, 0.6) is 0 Å². The third kappa shape index (κ3) is 14.4. The largest absolute Gasteiger partial charge is 0.410 e. The zero-order valence-electron chi connectivity index (χ0n) is 42.5. The molecular weight excluding hydrogens is 1080 g/mol. The van der Waals surface area contributed by atoms with E-state index in [1.165, 1.54) is 6.92 Å². The van der Waals surface area contributed by atoms with Crippen LogP contribution < -0.4 is 10.6 Å². The Morgan fingerprint density at radius 1 is 0.557 bits per heavy atom. The number of carbonyl (C=O) groups is 3. The lowest BCUT2D eigenvalue weighted by atomic mass is 9.87. The van der Waals surface area contributed by atoms with E-state index in [9.17, 15) is 106 Å². The molecule has 0 aliphatic carbocycles. The molecule has 0 bridgehead atoms. The standard InChI is InChI=1S/C44H74N2O33/c1-12-15(55)4-44(69-11-52,79-34(12)24(57)16(56)5-47)68-10-21-26(59)30(63)32(65)41(74-21)75-36-20(9-51)73-40(23(29(36)62)46-14(3)54)78-38-31(64)25(58)17(6-48)72-43(38)77-37-27(60)18(7-49)71-42(33(37)66)76-35-19(8-50)70-39(67)22(28(35)61)45-13(2)53/h11-12,15-43,47-51,55-67H,4-10H2,1-3H3,(H,45,53)(H,46,54)/t12-,15-,16-,17?,18?,19?,20?,21?,22?,23?,24-,25-,26+,27-,28-,29-,30+,31?,32?,33?,34?,35-,36-,37+,38?,39-,40+,41+,42+,43-,44+/m1/s1. The lowest BCUT2D eigenvalue weighted by Crippen LogP contribution is -2.70. The van der Waals surface area contributed by atoms with Gasteiger partial charge in [-0.25, -0.2) is 0 Å². The van der Waals surface area contributed by atoms with E-state index in [0.29, 0.717) is 0 Å². The van der Waals surface area contributed by atoms with Crippen molar-refractivity contribution in [3.8, 4) is 0 Å². The van der Waals surface area contributed by atoms with Crippen molar-refractivity contribution in [3.63, 3.8) is 0 Å². The Balaban J connectivity index is 1.22. The molecule has 0 saturated carbocycles. The van der Waals surface area contributed by atoms with Crippen molar-refractivity contribution in [2.24, 2.45) is 5.92 Å². The second kappa shape index (κ2) is 28.2. The van der Waals surface area contributed by atoms with Crippen molar-refractivity contribution in [2.75, 3.05) is 39.6 Å². The number of carbonyl (C=O) groups excluding carboxylic acids is 3. The van der Waals surface area contributed by atoms with Crippen LogP contribution in [-0.4, -0.2) is 334 Å². The highest BCUT2D eigenvalue weighted by Crippen LogP contribution is 2.39. The van der Waals surface area contributed by atoms with Gasteiger partial charge in [0.25, 0.3) is 6.47 Å². The van der Waals surface area contributed by atoms with Crippen LogP contribution in [0.3, 0.4) is 0 Å². The van der Waals surface area contributed by atoms with Gasteiger partial charge in [-0.15, -0.1) is 0 Å². The zero-order chi connectivity index (χ0) is 58.5. The van der Waals surface area contributed by atoms with Crippen LogP contribution in [0.2, 0.25) is 0 Å². The lowest BCUT2D eigenvalue weighted by molar-refractivity contribution is -0.424. The molecule has 6 heterocycles. The van der Waals surface area contributed by atoms with Crippen molar-refractivity contribution in [1.29, 1.82) is 0 Å². The van der Waals surface area contributed by atoms with Crippen LogP contribution in [0, 0.1) is 5.92 Å². The van der Waals surface area contributed by atoms with E-state index in [-0.39, 0.29) is 6.47 Å². The smallest absolute Gasteiger partial charge is 0.332 e. The van der Waals surface area contributed by atoms with E-state index in [1.54, 1.807) is 0 Å². The van der Waals surface area contributed by atoms with Gasteiger partial charge in [-0.3, -0.25) is 14.4 Å². The Morgan fingerprint density at radius 2 is 1.04 bits per heavy atom. The van der Waals surface area contributed by atoms with Gasteiger partial charge in [0, 0.05) is 19.8 Å². The summed E-state index contributed by atoms with van der Waals surface area (Å²) in [7, 11) is 0. The first-order valence-corrected chi connectivity index (χ1v) is 25.1. The van der Waals surface area contributed by atoms with Crippen LogP contribution >= 0.6 is 0 Å². The first-order chi connectivity index (χ1) is 37.3. The van der Waals surface area contributed by atoms with Gasteiger partial charge in [-0.05, 0) is 0 Å². The van der Waals surface area contributed by atoms with Gasteiger partial charge in [0.2, 0.25) is 11.8 Å². The molecule has 6 rings (SSSR count). The van der Waals surface area contributed by atoms with E-state index in [0.717, 1.165) is 13.8 Å². The van der Waals surface area contributed by atoms with E-state index in [2.05, 4.69) is 10.6 Å². The summed E-state index contributed by atoms with van der Waals surface area (Å²) in [5.74, 6) is -5.17. The summed E-state index contributed by atoms with van der Waals surface area (Å²) in [6.07, 6.45) is -52.9. The molecule has 12 unspecified atom stereocenters. The predicted molar refractivity (Wildman–Crippen MR) is 242 cm³/mol. The molecule has 6 saturated heterocycles. The fraction of sp³-hybridized carbons (Fsp3) is 0.932. The summed E-state index contributed by atoms with van der Waals surface area (Å²) in [6, 6.07) is -3.43. The molecule has 0 radical (unpaired) electrons. The molecule has 0 aromatic heterocycles. The highest BCUT2D eigenvalue weighted by atomic mass is 16.9. The maximum Gasteiger partial charge on any atom is 0.332 e. The number of aliphatic hydroxyl groups excluding tert-OH is 18. The van der Waals surface area contributed by atoms with Gasteiger partial charge in [0.1, 0.15) is 134 Å². The Hall–Kier alpha value is -2.75. The lowest BCUT2D eigenvalue weighted by Gasteiger charge is -2.50. The third-order valence-electron chi connectivity index (χ3n) is 14.5. The molecule has 6 aliphatic heterocycles. The molecule has 20 N–H and O–H groups in total. The van der Waals surface area contributed by atoms with Crippen LogP contribution in [0.25, 0.3) is 0 Å². The Kier molecular flexibility index (Phi) is 23.4. The maximum atomic E-state index is 12.7. The number of nitrogens with one attached hydrogen (secondary N) is 2. The monoisotopic (exact) mass is 1160 g/mol. The van der Waals surface area contributed by atoms with Crippen LogP contribution in [0.15, 0.2) is 0 Å². The third-order valence-corrected chi connectivity index (χ3v) is 14.5. The van der Waals surface area contributed by atoms with Crippen molar-refractivity contribution >= 4 is 18.3 Å². The molecular formula is C44H74N2O33. The van der Waals surface area contributed by atoms with Gasteiger partial charge in [0.15, 0.2) is 31.5 Å². The molecule has 0 aromatic carbocycles. The molecule has 2 amide bonds. The molecule has 0 spiro atoms. The number of amides is 2. The Morgan fingerprint density at radius 3 is 1.61 bits per heavy atom. The quantitative estimate of drug-likeness (QED) is 0.0353. The number of aliphatic hydroxyl groups is 18. The first-order valence-electron chi connectivity index (χ1n) is 25.1. The molecule has 6 fully saturated rings. The maximum absolute atomic E-state index is 12.7. The molecule has 6 aliphatic rings. The van der Waals surface area contributed by atoms with Gasteiger partial charge < -0.3 is 159 Å². The number of hydrogen-bond donors (Lipinski definition) is 20. The molecule has 0 aromatic rings. The number of ether oxygens (including phenoxy) is 12. The zero-order valence-corrected chi connectivity index (χ0v) is 42.5. The van der Waals surface area contributed by atoms with Crippen molar-refractivity contribution in [2.45, 2.75) is 211 Å². The molecule has 79 heavy (non-hydrogen) atoms.